The van der Waals surface area contributed by atoms with Gasteiger partial charge in [-0.2, -0.15) is 0 Å². The number of hydrogen-bond donors (Lipinski definition) is 0. The Labute approximate surface area is 139 Å². The minimum atomic E-state index is -0.567. The summed E-state index contributed by atoms with van der Waals surface area (Å²) >= 11 is 0. The zero-order valence-corrected chi connectivity index (χ0v) is 15.1. The van der Waals surface area contributed by atoms with Crippen molar-refractivity contribution >= 4 is 12.0 Å². The highest BCUT2D eigenvalue weighted by Crippen LogP contribution is 2.14. The van der Waals surface area contributed by atoms with E-state index in [1.165, 1.54) is 0 Å². The molecule has 0 aliphatic rings. The number of aromatic nitrogens is 2. The van der Waals surface area contributed by atoms with Gasteiger partial charge in [-0.25, -0.2) is 9.78 Å². The third-order valence-electron chi connectivity index (χ3n) is 2.81. The van der Waals surface area contributed by atoms with E-state index in [1.54, 1.807) is 12.4 Å². The van der Waals surface area contributed by atoms with Gasteiger partial charge in [0.05, 0.1) is 12.0 Å². The van der Waals surface area contributed by atoms with E-state index in [2.05, 4.69) is 11.9 Å². The number of carbonyl (C=O) groups excluding carboxylic acids is 1. The van der Waals surface area contributed by atoms with Gasteiger partial charge in [-0.05, 0) is 41.3 Å². The monoisotopic (exact) mass is 323 g/mol. The zero-order valence-electron chi connectivity index (χ0n) is 15.1. The average Bonchev–Trinajstić information content (AvgIpc) is 2.83. The number of esters is 1. The van der Waals surface area contributed by atoms with Crippen LogP contribution in [0.2, 0.25) is 0 Å². The minimum absolute atomic E-state index is 0.184. The lowest BCUT2D eigenvalue weighted by molar-refractivity contribution is -0.154. The molecule has 1 aromatic rings. The van der Waals surface area contributed by atoms with Crippen LogP contribution in [0, 0.1) is 0 Å². The van der Waals surface area contributed by atoms with Crippen LogP contribution in [0.1, 0.15) is 39.8 Å². The van der Waals surface area contributed by atoms with Crippen LogP contribution in [0.4, 0.5) is 0 Å². The summed E-state index contributed by atoms with van der Waals surface area (Å²) in [7, 11) is 3.90. The lowest BCUT2D eigenvalue weighted by Crippen LogP contribution is -2.26. The fourth-order valence-corrected chi connectivity index (χ4v) is 1.79. The maximum absolute atomic E-state index is 12.3. The second-order valence-electron chi connectivity index (χ2n) is 6.70. The normalized spacial score (nSPS) is 12.6. The first-order valence-electron chi connectivity index (χ1n) is 7.95. The molecule has 0 saturated heterocycles. The van der Waals surface area contributed by atoms with Crippen molar-refractivity contribution in [2.75, 3.05) is 27.2 Å². The van der Waals surface area contributed by atoms with Gasteiger partial charge in [0.1, 0.15) is 12.2 Å². The molecule has 23 heavy (non-hydrogen) atoms. The molecule has 0 aromatic carbocycles. The second kappa shape index (κ2) is 8.72. The topological polar surface area (TPSA) is 56.6 Å². The van der Waals surface area contributed by atoms with Crippen LogP contribution >= 0.6 is 0 Å². The molecule has 1 heterocycles. The summed E-state index contributed by atoms with van der Waals surface area (Å²) in [6, 6.07) is 0. The SMILES string of the molecule is CCCn1cnc(C=C(OCCN(C)C)C(=O)OC(C)(C)C)c1. The van der Waals surface area contributed by atoms with Crippen LogP contribution in [-0.4, -0.2) is 53.3 Å². The summed E-state index contributed by atoms with van der Waals surface area (Å²) in [5.74, 6) is -0.287. The molecule has 0 fully saturated rings. The Hall–Kier alpha value is -1.82. The van der Waals surface area contributed by atoms with Gasteiger partial charge in [0.25, 0.3) is 0 Å². The summed E-state index contributed by atoms with van der Waals surface area (Å²) < 4.78 is 13.0. The number of aryl methyl sites for hydroxylation is 1. The van der Waals surface area contributed by atoms with Crippen molar-refractivity contribution in [3.05, 3.63) is 24.0 Å². The number of likely N-dealkylation sites (N-methyl/N-ethyl adjacent to an activating group) is 1. The Bertz CT molecular complexity index is 527. The molecule has 0 amide bonds. The van der Waals surface area contributed by atoms with E-state index in [4.69, 9.17) is 9.47 Å². The van der Waals surface area contributed by atoms with Gasteiger partial charge < -0.3 is 18.9 Å². The molecule has 1 rings (SSSR count). The van der Waals surface area contributed by atoms with Crippen molar-refractivity contribution in [3.8, 4) is 0 Å². The van der Waals surface area contributed by atoms with Crippen molar-refractivity contribution in [3.63, 3.8) is 0 Å². The Balaban J connectivity index is 2.87. The molecule has 6 nitrogen and oxygen atoms in total. The van der Waals surface area contributed by atoms with Gasteiger partial charge in [-0.3, -0.25) is 0 Å². The third kappa shape index (κ3) is 7.83. The van der Waals surface area contributed by atoms with Crippen LogP contribution in [0.3, 0.4) is 0 Å². The summed E-state index contributed by atoms with van der Waals surface area (Å²) in [5, 5.41) is 0. The van der Waals surface area contributed by atoms with Crippen molar-refractivity contribution in [2.24, 2.45) is 0 Å². The van der Waals surface area contributed by atoms with Crippen molar-refractivity contribution < 1.29 is 14.3 Å². The molecule has 0 bridgehead atoms. The number of carbonyl (C=O) groups is 1. The minimum Gasteiger partial charge on any atom is -0.485 e. The highest BCUT2D eigenvalue weighted by Gasteiger charge is 2.21. The van der Waals surface area contributed by atoms with E-state index in [9.17, 15) is 4.79 Å². The molecule has 0 aliphatic heterocycles. The standard InChI is InChI=1S/C17H29N3O3/c1-7-8-20-12-14(18-13-20)11-15(22-10-9-19(5)6)16(21)23-17(2,3)4/h11-13H,7-10H2,1-6H3. The van der Waals surface area contributed by atoms with Gasteiger partial charge >= 0.3 is 5.97 Å². The zero-order chi connectivity index (χ0) is 17.5. The Kier molecular flexibility index (Phi) is 7.29. The molecule has 1 aromatic heterocycles. The first-order chi connectivity index (χ1) is 10.7. The predicted molar refractivity (Wildman–Crippen MR) is 90.8 cm³/mol. The lowest BCUT2D eigenvalue weighted by atomic mass is 10.2. The van der Waals surface area contributed by atoms with Crippen molar-refractivity contribution in [2.45, 2.75) is 46.3 Å². The Morgan fingerprint density at radius 3 is 2.65 bits per heavy atom. The van der Waals surface area contributed by atoms with Crippen LogP contribution in [0.5, 0.6) is 0 Å². The van der Waals surface area contributed by atoms with Gasteiger partial charge in [-0.15, -0.1) is 0 Å². The molecule has 0 spiro atoms. The average molecular weight is 323 g/mol. The van der Waals surface area contributed by atoms with Gasteiger partial charge in [0.2, 0.25) is 5.76 Å². The first kappa shape index (κ1) is 19.2. The van der Waals surface area contributed by atoms with E-state index in [0.29, 0.717) is 18.8 Å². The fraction of sp³-hybridized carbons (Fsp3) is 0.647. The molecule has 0 N–H and O–H groups in total. The van der Waals surface area contributed by atoms with Crippen molar-refractivity contribution in [1.82, 2.24) is 14.5 Å². The van der Waals surface area contributed by atoms with Crippen LogP contribution in [-0.2, 0) is 20.8 Å². The summed E-state index contributed by atoms with van der Waals surface area (Å²) in [6.07, 6.45) is 6.30. The van der Waals surface area contributed by atoms with Crippen LogP contribution in [0.25, 0.3) is 6.08 Å². The molecule has 0 atom stereocenters. The number of hydrogen-bond acceptors (Lipinski definition) is 5. The van der Waals surface area contributed by atoms with Gasteiger partial charge in [-0.1, -0.05) is 6.92 Å². The largest absolute Gasteiger partial charge is 0.485 e. The highest BCUT2D eigenvalue weighted by atomic mass is 16.6. The summed E-state index contributed by atoms with van der Waals surface area (Å²) in [6.45, 7) is 9.61. The third-order valence-corrected chi connectivity index (χ3v) is 2.81. The first-order valence-corrected chi connectivity index (χ1v) is 7.95. The quantitative estimate of drug-likeness (QED) is 0.418. The molecule has 6 heteroatoms. The van der Waals surface area contributed by atoms with Crippen LogP contribution in [0.15, 0.2) is 18.3 Å². The maximum atomic E-state index is 12.3. The molecule has 0 saturated carbocycles. The number of imidazole rings is 1. The Morgan fingerprint density at radius 1 is 1.39 bits per heavy atom. The molecule has 0 radical (unpaired) electrons. The van der Waals surface area contributed by atoms with Gasteiger partial charge in [0.15, 0.2) is 0 Å². The lowest BCUT2D eigenvalue weighted by Gasteiger charge is -2.21. The van der Waals surface area contributed by atoms with Crippen molar-refractivity contribution in [1.29, 1.82) is 0 Å². The van der Waals surface area contributed by atoms with E-state index in [-0.39, 0.29) is 5.76 Å². The Morgan fingerprint density at radius 2 is 2.09 bits per heavy atom. The molecular weight excluding hydrogens is 294 g/mol. The van der Waals surface area contributed by atoms with E-state index < -0.39 is 11.6 Å². The van der Waals surface area contributed by atoms with E-state index in [1.807, 2.05) is 50.5 Å². The second-order valence-corrected chi connectivity index (χ2v) is 6.70. The highest BCUT2D eigenvalue weighted by molar-refractivity contribution is 5.91. The summed E-state index contributed by atoms with van der Waals surface area (Å²) in [4.78, 5) is 18.6. The number of nitrogens with zero attached hydrogens (tertiary/aromatic N) is 3. The smallest absolute Gasteiger partial charge is 0.374 e. The fourth-order valence-electron chi connectivity index (χ4n) is 1.79. The molecule has 130 valence electrons. The number of ether oxygens (including phenoxy) is 2. The molecular formula is C17H29N3O3. The number of rotatable bonds is 8. The van der Waals surface area contributed by atoms with E-state index >= 15 is 0 Å². The van der Waals surface area contributed by atoms with Gasteiger partial charge in [0, 0.05) is 25.4 Å². The summed E-state index contributed by atoms with van der Waals surface area (Å²) in [5.41, 5.74) is 0.118. The molecule has 0 unspecified atom stereocenters. The molecule has 0 aliphatic carbocycles. The predicted octanol–water partition coefficient (Wildman–Crippen LogP) is 2.55. The van der Waals surface area contributed by atoms with E-state index in [0.717, 1.165) is 13.0 Å². The van der Waals surface area contributed by atoms with Crippen LogP contribution < -0.4 is 0 Å². The maximum Gasteiger partial charge on any atom is 0.374 e.